The average Bonchev–Trinajstić information content (AvgIpc) is 2.80. The van der Waals surface area contributed by atoms with Gasteiger partial charge in [0.15, 0.2) is 5.17 Å². The first-order valence-electron chi connectivity index (χ1n) is 10.4. The van der Waals surface area contributed by atoms with Gasteiger partial charge in [0, 0.05) is 13.1 Å². The summed E-state index contributed by atoms with van der Waals surface area (Å²) in [5.41, 5.74) is 4.60. The van der Waals surface area contributed by atoms with Gasteiger partial charge in [-0.1, -0.05) is 61.2 Å². The molecule has 0 bridgehead atoms. The van der Waals surface area contributed by atoms with Crippen LogP contribution in [0.4, 0.5) is 5.69 Å². The first-order chi connectivity index (χ1) is 15.1. The lowest BCUT2D eigenvalue weighted by Crippen LogP contribution is -2.28. The second-order valence-electron chi connectivity index (χ2n) is 7.17. The van der Waals surface area contributed by atoms with E-state index in [0.29, 0.717) is 0 Å². The average molecular weight is 563 g/mol. The molecule has 170 valence electrons. The molecule has 6 heteroatoms. The third-order valence-electron chi connectivity index (χ3n) is 4.94. The van der Waals surface area contributed by atoms with E-state index in [2.05, 4.69) is 55.1 Å². The van der Waals surface area contributed by atoms with Crippen LogP contribution in [0.5, 0.6) is 11.5 Å². The minimum absolute atomic E-state index is 0. The fourth-order valence-corrected chi connectivity index (χ4v) is 3.94. The fourth-order valence-electron chi connectivity index (χ4n) is 3.21. The third-order valence-corrected chi connectivity index (χ3v) is 5.84. The van der Waals surface area contributed by atoms with Gasteiger partial charge in [-0.2, -0.15) is 0 Å². The van der Waals surface area contributed by atoms with Crippen LogP contribution in [0.1, 0.15) is 23.6 Å². The SMILES string of the molecule is CCSC(=Nc1ccccc1C)N(Cc1ccc(OC)cc1)Cc1ccc(OC)cc1.I. The van der Waals surface area contributed by atoms with Crippen LogP contribution in [-0.2, 0) is 13.1 Å². The number of aryl methyl sites for hydroxylation is 1. The Labute approximate surface area is 213 Å². The highest BCUT2D eigenvalue weighted by molar-refractivity contribution is 14.0. The topological polar surface area (TPSA) is 34.1 Å². The standard InChI is InChI=1S/C26H30N2O2S.HI/c1-5-31-26(27-25-9-7-6-8-20(25)2)28(18-21-10-14-23(29-3)15-11-21)19-22-12-16-24(30-4)17-13-22;/h6-17H,5,18-19H2,1-4H3;1H. The van der Waals surface area contributed by atoms with Gasteiger partial charge >= 0.3 is 0 Å². The van der Waals surface area contributed by atoms with Gasteiger partial charge in [0.2, 0.25) is 0 Å². The Morgan fingerprint density at radius 3 is 1.75 bits per heavy atom. The summed E-state index contributed by atoms with van der Waals surface area (Å²) in [5.74, 6) is 2.68. The molecule has 0 amide bonds. The fraction of sp³-hybridized carbons (Fsp3) is 0.269. The number of amidine groups is 1. The number of ether oxygens (including phenoxy) is 2. The van der Waals surface area contributed by atoms with Crippen molar-refractivity contribution in [2.75, 3.05) is 20.0 Å². The maximum Gasteiger partial charge on any atom is 0.164 e. The molecule has 3 rings (SSSR count). The summed E-state index contributed by atoms with van der Waals surface area (Å²) in [6.07, 6.45) is 0. The van der Waals surface area contributed by atoms with Crippen LogP contribution < -0.4 is 9.47 Å². The molecule has 0 aliphatic carbocycles. The van der Waals surface area contributed by atoms with E-state index in [4.69, 9.17) is 14.5 Å². The predicted molar refractivity (Wildman–Crippen MR) is 147 cm³/mol. The van der Waals surface area contributed by atoms with E-state index >= 15 is 0 Å². The summed E-state index contributed by atoms with van der Waals surface area (Å²) in [6, 6.07) is 24.7. The molecular weight excluding hydrogens is 531 g/mol. The van der Waals surface area contributed by atoms with Crippen molar-refractivity contribution in [1.82, 2.24) is 4.90 Å². The maximum absolute atomic E-state index is 5.32. The largest absolute Gasteiger partial charge is 0.497 e. The summed E-state index contributed by atoms with van der Waals surface area (Å²) >= 11 is 1.77. The molecule has 0 aliphatic heterocycles. The molecule has 0 aromatic heterocycles. The number of aliphatic imine (C=N–C) groups is 1. The van der Waals surface area contributed by atoms with Gasteiger partial charge in [-0.05, 0) is 59.7 Å². The molecule has 3 aromatic carbocycles. The number of halogens is 1. The van der Waals surface area contributed by atoms with E-state index in [-0.39, 0.29) is 24.0 Å². The van der Waals surface area contributed by atoms with Gasteiger partial charge in [0.25, 0.3) is 0 Å². The van der Waals surface area contributed by atoms with Gasteiger partial charge in [-0.15, -0.1) is 24.0 Å². The highest BCUT2D eigenvalue weighted by Crippen LogP contribution is 2.25. The quantitative estimate of drug-likeness (QED) is 0.167. The van der Waals surface area contributed by atoms with E-state index in [1.165, 1.54) is 16.7 Å². The summed E-state index contributed by atoms with van der Waals surface area (Å²) in [7, 11) is 3.38. The molecule has 0 heterocycles. The summed E-state index contributed by atoms with van der Waals surface area (Å²) < 4.78 is 10.6. The molecule has 0 fully saturated rings. The van der Waals surface area contributed by atoms with E-state index in [9.17, 15) is 0 Å². The number of para-hydroxylation sites is 1. The Morgan fingerprint density at radius 1 is 0.812 bits per heavy atom. The third kappa shape index (κ3) is 7.45. The first-order valence-corrected chi connectivity index (χ1v) is 11.4. The number of nitrogens with zero attached hydrogens (tertiary/aromatic N) is 2. The van der Waals surface area contributed by atoms with Gasteiger partial charge in [-0.25, -0.2) is 4.99 Å². The maximum atomic E-state index is 5.32. The zero-order valence-electron chi connectivity index (χ0n) is 19.1. The zero-order chi connectivity index (χ0) is 22.1. The summed E-state index contributed by atoms with van der Waals surface area (Å²) in [4.78, 5) is 7.40. The predicted octanol–water partition coefficient (Wildman–Crippen LogP) is 7.07. The zero-order valence-corrected chi connectivity index (χ0v) is 22.2. The molecule has 0 unspecified atom stereocenters. The highest BCUT2D eigenvalue weighted by atomic mass is 127. The Hall–Kier alpha value is -2.19. The molecule has 32 heavy (non-hydrogen) atoms. The van der Waals surface area contributed by atoms with Gasteiger partial charge in [0.05, 0.1) is 19.9 Å². The lowest BCUT2D eigenvalue weighted by molar-refractivity contribution is 0.405. The Balaban J connectivity index is 0.00000363. The Kier molecular flexibility index (Phi) is 10.9. The normalized spacial score (nSPS) is 10.9. The van der Waals surface area contributed by atoms with Crippen LogP contribution in [0.15, 0.2) is 77.8 Å². The van der Waals surface area contributed by atoms with Crippen LogP contribution in [0.2, 0.25) is 0 Å². The molecular formula is C26H31IN2O2S. The van der Waals surface area contributed by atoms with Crippen molar-refractivity contribution < 1.29 is 9.47 Å². The molecule has 0 saturated heterocycles. The van der Waals surface area contributed by atoms with Crippen LogP contribution in [0, 0.1) is 6.92 Å². The van der Waals surface area contributed by atoms with Crippen molar-refractivity contribution in [3.63, 3.8) is 0 Å². The molecule has 3 aromatic rings. The molecule has 0 aliphatic rings. The number of hydrogen-bond acceptors (Lipinski definition) is 4. The van der Waals surface area contributed by atoms with Crippen molar-refractivity contribution in [2.45, 2.75) is 26.9 Å². The van der Waals surface area contributed by atoms with Crippen molar-refractivity contribution in [2.24, 2.45) is 4.99 Å². The second-order valence-corrected chi connectivity index (χ2v) is 8.40. The van der Waals surface area contributed by atoms with Gasteiger partial charge in [-0.3, -0.25) is 0 Å². The minimum Gasteiger partial charge on any atom is -0.497 e. The van der Waals surface area contributed by atoms with Gasteiger partial charge in [0.1, 0.15) is 11.5 Å². The van der Waals surface area contributed by atoms with Crippen molar-refractivity contribution in [1.29, 1.82) is 0 Å². The summed E-state index contributed by atoms with van der Waals surface area (Å²) in [6.45, 7) is 5.78. The van der Waals surface area contributed by atoms with E-state index < -0.39 is 0 Å². The van der Waals surface area contributed by atoms with E-state index in [1.54, 1.807) is 26.0 Å². The van der Waals surface area contributed by atoms with Crippen molar-refractivity contribution in [3.8, 4) is 11.5 Å². The molecule has 0 radical (unpaired) electrons. The van der Waals surface area contributed by atoms with Crippen LogP contribution in [-0.4, -0.2) is 30.0 Å². The first kappa shape index (κ1) is 26.1. The Bertz CT molecular complexity index is 942. The number of methoxy groups -OCH3 is 2. The highest BCUT2D eigenvalue weighted by Gasteiger charge is 2.15. The lowest BCUT2D eigenvalue weighted by Gasteiger charge is -2.26. The number of hydrogen-bond donors (Lipinski definition) is 0. The van der Waals surface area contributed by atoms with E-state index in [1.807, 2.05) is 36.4 Å². The van der Waals surface area contributed by atoms with E-state index in [0.717, 1.165) is 41.2 Å². The molecule has 0 saturated carbocycles. The molecule has 0 N–H and O–H groups in total. The molecule has 4 nitrogen and oxygen atoms in total. The van der Waals surface area contributed by atoms with Crippen molar-refractivity contribution >= 4 is 46.6 Å². The second kappa shape index (κ2) is 13.4. The minimum atomic E-state index is 0. The molecule has 0 spiro atoms. The van der Waals surface area contributed by atoms with Crippen LogP contribution in [0.25, 0.3) is 0 Å². The number of thioether (sulfide) groups is 1. The number of benzene rings is 3. The van der Waals surface area contributed by atoms with Crippen LogP contribution in [0.3, 0.4) is 0 Å². The van der Waals surface area contributed by atoms with Crippen LogP contribution >= 0.6 is 35.7 Å². The molecule has 0 atom stereocenters. The lowest BCUT2D eigenvalue weighted by atomic mass is 10.1. The van der Waals surface area contributed by atoms with Crippen molar-refractivity contribution in [3.05, 3.63) is 89.5 Å². The van der Waals surface area contributed by atoms with Gasteiger partial charge < -0.3 is 14.4 Å². The Morgan fingerprint density at radius 2 is 1.31 bits per heavy atom. The smallest absolute Gasteiger partial charge is 0.164 e. The monoisotopic (exact) mass is 562 g/mol. The summed E-state index contributed by atoms with van der Waals surface area (Å²) in [5, 5.41) is 1.02. The number of rotatable bonds is 8.